The van der Waals surface area contributed by atoms with Crippen molar-refractivity contribution in [3.05, 3.63) is 47.5 Å². The number of carbonyl (C=O) groups excluding carboxylic acids is 3. The van der Waals surface area contributed by atoms with Gasteiger partial charge >= 0.3 is 0 Å². The molecule has 0 aromatic heterocycles. The largest absolute Gasteiger partial charge is 0.495 e. The van der Waals surface area contributed by atoms with E-state index in [9.17, 15) is 14.4 Å². The maximum absolute atomic E-state index is 12.9. The first-order chi connectivity index (χ1) is 15.4. The number of benzene rings is 2. The summed E-state index contributed by atoms with van der Waals surface area (Å²) in [5, 5.41) is 2.93. The molecule has 3 amide bonds. The Morgan fingerprint density at radius 3 is 2.66 bits per heavy atom. The number of methoxy groups -OCH3 is 1. The van der Waals surface area contributed by atoms with Crippen LogP contribution >= 0.6 is 0 Å². The Morgan fingerprint density at radius 1 is 1.09 bits per heavy atom. The third-order valence-electron chi connectivity index (χ3n) is 6.57. The molecule has 7 heteroatoms. The lowest BCUT2D eigenvalue weighted by Gasteiger charge is -2.20. The molecule has 1 saturated carbocycles. The van der Waals surface area contributed by atoms with Gasteiger partial charge in [0.2, 0.25) is 17.7 Å². The molecular formula is C25H27N3O4. The van der Waals surface area contributed by atoms with Crippen LogP contribution in [-0.4, -0.2) is 37.9 Å². The molecule has 5 rings (SSSR count). The van der Waals surface area contributed by atoms with Crippen molar-refractivity contribution in [2.24, 2.45) is 11.8 Å². The van der Waals surface area contributed by atoms with Crippen molar-refractivity contribution in [2.45, 2.75) is 32.6 Å². The van der Waals surface area contributed by atoms with E-state index >= 15 is 0 Å². The van der Waals surface area contributed by atoms with E-state index in [2.05, 4.69) is 5.32 Å². The highest BCUT2D eigenvalue weighted by Gasteiger charge is 2.38. The number of amides is 3. The van der Waals surface area contributed by atoms with Crippen LogP contribution in [0.5, 0.6) is 5.75 Å². The standard InChI is InChI=1S/C25H27N3O4/c1-15-3-8-22(32-2)20(11-15)26-24(30)18-13-23(29)28(14-18)19-6-7-21-17(12-19)9-10-27(21)25(31)16-4-5-16/h3,6-8,11-12,16,18H,4-5,9-10,13-14H2,1-2H3,(H,26,30)/t18-/m0/s1. The highest BCUT2D eigenvalue weighted by atomic mass is 16.5. The summed E-state index contributed by atoms with van der Waals surface area (Å²) in [5.74, 6) is 0.310. The number of aryl methyl sites for hydroxylation is 1. The van der Waals surface area contributed by atoms with Gasteiger partial charge in [0.1, 0.15) is 5.75 Å². The van der Waals surface area contributed by atoms with Gasteiger partial charge in [-0.15, -0.1) is 0 Å². The molecule has 3 aliphatic rings. The first kappa shape index (κ1) is 20.5. The average Bonchev–Trinajstić information content (AvgIpc) is 3.43. The van der Waals surface area contributed by atoms with Crippen LogP contribution in [0.1, 0.15) is 30.4 Å². The molecule has 2 aliphatic heterocycles. The second-order valence-electron chi connectivity index (χ2n) is 8.93. The second kappa shape index (κ2) is 7.97. The topological polar surface area (TPSA) is 79.0 Å². The molecule has 2 aromatic rings. The van der Waals surface area contributed by atoms with Gasteiger partial charge in [0, 0.05) is 36.8 Å². The first-order valence-electron chi connectivity index (χ1n) is 11.1. The molecule has 1 N–H and O–H groups in total. The predicted octanol–water partition coefficient (Wildman–Crippen LogP) is 3.29. The number of rotatable bonds is 5. The zero-order valence-corrected chi connectivity index (χ0v) is 18.4. The molecular weight excluding hydrogens is 406 g/mol. The summed E-state index contributed by atoms with van der Waals surface area (Å²) in [5.41, 5.74) is 4.46. The van der Waals surface area contributed by atoms with Crippen LogP contribution in [0, 0.1) is 18.8 Å². The summed E-state index contributed by atoms with van der Waals surface area (Å²) in [4.78, 5) is 41.7. The van der Waals surface area contributed by atoms with Gasteiger partial charge < -0.3 is 19.9 Å². The fraction of sp³-hybridized carbons (Fsp3) is 0.400. The summed E-state index contributed by atoms with van der Waals surface area (Å²) in [6.45, 7) is 2.98. The predicted molar refractivity (Wildman–Crippen MR) is 122 cm³/mol. The van der Waals surface area contributed by atoms with E-state index in [4.69, 9.17) is 4.74 Å². The third-order valence-corrected chi connectivity index (χ3v) is 6.57. The second-order valence-corrected chi connectivity index (χ2v) is 8.93. The Hall–Kier alpha value is -3.35. The van der Waals surface area contributed by atoms with Crippen molar-refractivity contribution in [2.75, 3.05) is 35.3 Å². The van der Waals surface area contributed by atoms with E-state index in [1.165, 1.54) is 0 Å². The Bertz CT molecular complexity index is 1110. The minimum atomic E-state index is -0.436. The van der Waals surface area contributed by atoms with E-state index in [1.807, 2.05) is 48.2 Å². The van der Waals surface area contributed by atoms with Crippen molar-refractivity contribution in [3.8, 4) is 5.75 Å². The van der Waals surface area contributed by atoms with Gasteiger partial charge in [-0.05, 0) is 67.6 Å². The molecule has 166 valence electrons. The molecule has 0 radical (unpaired) electrons. The van der Waals surface area contributed by atoms with Crippen LogP contribution in [0.4, 0.5) is 17.1 Å². The zero-order valence-electron chi connectivity index (χ0n) is 18.4. The van der Waals surface area contributed by atoms with E-state index in [0.717, 1.165) is 41.8 Å². The van der Waals surface area contributed by atoms with E-state index in [0.29, 0.717) is 24.5 Å². The molecule has 1 atom stereocenters. The average molecular weight is 434 g/mol. The third kappa shape index (κ3) is 3.72. The first-order valence-corrected chi connectivity index (χ1v) is 11.1. The van der Waals surface area contributed by atoms with Gasteiger partial charge in [-0.1, -0.05) is 6.07 Å². The fourth-order valence-corrected chi connectivity index (χ4v) is 4.62. The van der Waals surface area contributed by atoms with Crippen LogP contribution in [-0.2, 0) is 20.8 Å². The molecule has 1 aliphatic carbocycles. The molecule has 32 heavy (non-hydrogen) atoms. The zero-order chi connectivity index (χ0) is 22.4. The lowest BCUT2D eigenvalue weighted by atomic mass is 10.1. The Morgan fingerprint density at radius 2 is 1.91 bits per heavy atom. The number of hydrogen-bond acceptors (Lipinski definition) is 4. The van der Waals surface area contributed by atoms with Crippen LogP contribution in [0.25, 0.3) is 0 Å². The molecule has 2 heterocycles. The number of hydrogen-bond donors (Lipinski definition) is 1. The molecule has 2 aromatic carbocycles. The van der Waals surface area contributed by atoms with E-state index in [-0.39, 0.29) is 30.1 Å². The maximum Gasteiger partial charge on any atom is 0.230 e. The summed E-state index contributed by atoms with van der Waals surface area (Å²) in [6.07, 6.45) is 2.94. The Kier molecular flexibility index (Phi) is 5.12. The van der Waals surface area contributed by atoms with Crippen molar-refractivity contribution in [1.82, 2.24) is 0 Å². The molecule has 2 fully saturated rings. The van der Waals surface area contributed by atoms with Crippen molar-refractivity contribution in [3.63, 3.8) is 0 Å². The normalized spacial score (nSPS) is 19.8. The van der Waals surface area contributed by atoms with Crippen LogP contribution in [0.15, 0.2) is 36.4 Å². The Labute approximate surface area is 187 Å². The number of anilines is 3. The number of nitrogens with one attached hydrogen (secondary N) is 1. The molecule has 7 nitrogen and oxygen atoms in total. The number of fused-ring (bicyclic) bond motifs is 1. The molecule has 1 saturated heterocycles. The summed E-state index contributed by atoms with van der Waals surface area (Å²) in [7, 11) is 1.56. The summed E-state index contributed by atoms with van der Waals surface area (Å²) >= 11 is 0. The van der Waals surface area contributed by atoms with Crippen molar-refractivity contribution < 1.29 is 19.1 Å². The molecule has 0 bridgehead atoms. The minimum Gasteiger partial charge on any atom is -0.495 e. The number of carbonyl (C=O) groups is 3. The SMILES string of the molecule is COc1ccc(C)cc1NC(=O)[C@H]1CC(=O)N(c2ccc3c(c2)CCN3C(=O)C2CC2)C1. The highest BCUT2D eigenvalue weighted by molar-refractivity contribution is 6.04. The summed E-state index contributed by atoms with van der Waals surface area (Å²) in [6, 6.07) is 11.4. The lowest BCUT2D eigenvalue weighted by Crippen LogP contribution is -2.30. The van der Waals surface area contributed by atoms with Gasteiger partial charge in [-0.25, -0.2) is 0 Å². The smallest absolute Gasteiger partial charge is 0.230 e. The summed E-state index contributed by atoms with van der Waals surface area (Å²) < 4.78 is 5.34. The fourth-order valence-electron chi connectivity index (χ4n) is 4.62. The lowest BCUT2D eigenvalue weighted by molar-refractivity contribution is -0.122. The monoisotopic (exact) mass is 433 g/mol. The van der Waals surface area contributed by atoms with Gasteiger partial charge in [0.05, 0.1) is 18.7 Å². The van der Waals surface area contributed by atoms with E-state index < -0.39 is 5.92 Å². The van der Waals surface area contributed by atoms with Crippen LogP contribution in [0.2, 0.25) is 0 Å². The van der Waals surface area contributed by atoms with E-state index in [1.54, 1.807) is 12.0 Å². The Balaban J connectivity index is 1.29. The van der Waals surface area contributed by atoms with Crippen LogP contribution in [0.3, 0.4) is 0 Å². The minimum absolute atomic E-state index is 0.0646. The van der Waals surface area contributed by atoms with Gasteiger partial charge in [0.25, 0.3) is 0 Å². The van der Waals surface area contributed by atoms with Crippen molar-refractivity contribution >= 4 is 34.8 Å². The van der Waals surface area contributed by atoms with Gasteiger partial charge in [0.15, 0.2) is 0 Å². The van der Waals surface area contributed by atoms with Gasteiger partial charge in [-0.3, -0.25) is 14.4 Å². The van der Waals surface area contributed by atoms with Crippen LogP contribution < -0.4 is 19.9 Å². The molecule has 0 unspecified atom stereocenters. The highest BCUT2D eigenvalue weighted by Crippen LogP contribution is 2.38. The quantitative estimate of drug-likeness (QED) is 0.785. The van der Waals surface area contributed by atoms with Crippen molar-refractivity contribution in [1.29, 1.82) is 0 Å². The maximum atomic E-state index is 12.9. The van der Waals surface area contributed by atoms with Gasteiger partial charge in [-0.2, -0.15) is 0 Å². The number of nitrogens with zero attached hydrogens (tertiary/aromatic N) is 2. The molecule has 0 spiro atoms. The number of ether oxygens (including phenoxy) is 1.